The van der Waals surface area contributed by atoms with E-state index in [0.29, 0.717) is 5.89 Å². The van der Waals surface area contributed by atoms with Gasteiger partial charge in [-0.1, -0.05) is 11.5 Å². The summed E-state index contributed by atoms with van der Waals surface area (Å²) in [5.74, 6) is 0.289. The predicted octanol–water partition coefficient (Wildman–Crippen LogP) is 0.834. The van der Waals surface area contributed by atoms with Crippen LogP contribution in [-0.4, -0.2) is 22.1 Å². The van der Waals surface area contributed by atoms with Crippen LogP contribution in [0.5, 0.6) is 0 Å². The number of aryl methyl sites for hydroxylation is 1. The Hall–Kier alpha value is -1.43. The summed E-state index contributed by atoms with van der Waals surface area (Å²) >= 11 is 0. The molecule has 0 spiro atoms. The molecule has 1 heterocycles. The Morgan fingerprint density at radius 3 is 2.88 bits per heavy atom. The molecular formula is C10H16N4O2. The van der Waals surface area contributed by atoms with E-state index in [-0.39, 0.29) is 18.0 Å². The number of nitrogens with two attached hydrogens (primary N) is 1. The molecule has 1 aromatic heterocycles. The molecule has 1 aliphatic carbocycles. The van der Waals surface area contributed by atoms with Crippen molar-refractivity contribution in [3.8, 4) is 0 Å². The molecule has 3 N–H and O–H groups in total. The van der Waals surface area contributed by atoms with Crippen LogP contribution in [0.15, 0.2) is 4.42 Å². The highest BCUT2D eigenvalue weighted by molar-refractivity contribution is 5.94. The van der Waals surface area contributed by atoms with Crippen LogP contribution in [0.2, 0.25) is 0 Å². The average molecular weight is 224 g/mol. The molecular weight excluding hydrogens is 208 g/mol. The fourth-order valence-electron chi connectivity index (χ4n) is 2.06. The SMILES string of the molecule is Cc1nnc(NC(=O)C2(C)CCCC2N)o1. The smallest absolute Gasteiger partial charge is 0.322 e. The van der Waals surface area contributed by atoms with Crippen LogP contribution in [0, 0.1) is 12.3 Å². The third-order valence-electron chi connectivity index (χ3n) is 3.29. The van der Waals surface area contributed by atoms with Crippen LogP contribution < -0.4 is 11.1 Å². The maximum absolute atomic E-state index is 12.0. The lowest BCUT2D eigenvalue weighted by Gasteiger charge is -2.26. The summed E-state index contributed by atoms with van der Waals surface area (Å²) in [5, 5.41) is 9.99. The van der Waals surface area contributed by atoms with Gasteiger partial charge >= 0.3 is 6.01 Å². The molecule has 6 heteroatoms. The van der Waals surface area contributed by atoms with Crippen molar-refractivity contribution in [1.82, 2.24) is 10.2 Å². The number of nitrogens with one attached hydrogen (secondary N) is 1. The second kappa shape index (κ2) is 3.86. The number of hydrogen-bond donors (Lipinski definition) is 2. The van der Waals surface area contributed by atoms with Crippen molar-refractivity contribution in [3.63, 3.8) is 0 Å². The van der Waals surface area contributed by atoms with Crippen LogP contribution in [0.1, 0.15) is 32.1 Å². The number of aromatic nitrogens is 2. The first kappa shape index (κ1) is 11.1. The number of amides is 1. The maximum atomic E-state index is 12.0. The zero-order valence-electron chi connectivity index (χ0n) is 9.49. The highest BCUT2D eigenvalue weighted by Gasteiger charge is 2.43. The van der Waals surface area contributed by atoms with E-state index in [0.717, 1.165) is 19.3 Å². The van der Waals surface area contributed by atoms with Crippen molar-refractivity contribution in [2.45, 2.75) is 39.2 Å². The first-order valence-electron chi connectivity index (χ1n) is 5.39. The zero-order valence-corrected chi connectivity index (χ0v) is 9.49. The second-order valence-corrected chi connectivity index (χ2v) is 4.50. The van der Waals surface area contributed by atoms with Crippen molar-refractivity contribution in [1.29, 1.82) is 0 Å². The van der Waals surface area contributed by atoms with Gasteiger partial charge in [0.25, 0.3) is 0 Å². The Bertz CT molecular complexity index is 403. The Morgan fingerprint density at radius 1 is 1.62 bits per heavy atom. The van der Waals surface area contributed by atoms with Gasteiger partial charge in [-0.15, -0.1) is 5.10 Å². The number of rotatable bonds is 2. The molecule has 0 aromatic carbocycles. The largest absolute Gasteiger partial charge is 0.408 e. The van der Waals surface area contributed by atoms with Gasteiger partial charge in [0, 0.05) is 13.0 Å². The summed E-state index contributed by atoms with van der Waals surface area (Å²) in [4.78, 5) is 12.0. The van der Waals surface area contributed by atoms with Crippen LogP contribution in [0.3, 0.4) is 0 Å². The molecule has 0 bridgehead atoms. The third-order valence-corrected chi connectivity index (χ3v) is 3.29. The lowest BCUT2D eigenvalue weighted by molar-refractivity contribution is -0.125. The minimum absolute atomic E-state index is 0.100. The maximum Gasteiger partial charge on any atom is 0.322 e. The summed E-state index contributed by atoms with van der Waals surface area (Å²) in [5.41, 5.74) is 5.42. The van der Waals surface area contributed by atoms with Gasteiger partial charge in [0.1, 0.15) is 0 Å². The highest BCUT2D eigenvalue weighted by atomic mass is 16.4. The Balaban J connectivity index is 2.08. The van der Waals surface area contributed by atoms with E-state index in [4.69, 9.17) is 10.2 Å². The Labute approximate surface area is 93.6 Å². The molecule has 1 amide bonds. The number of anilines is 1. The molecule has 16 heavy (non-hydrogen) atoms. The molecule has 1 saturated carbocycles. The van der Waals surface area contributed by atoms with Crippen LogP contribution in [0.4, 0.5) is 6.01 Å². The van der Waals surface area contributed by atoms with E-state index in [1.54, 1.807) is 6.92 Å². The van der Waals surface area contributed by atoms with Crippen LogP contribution in [0.25, 0.3) is 0 Å². The van der Waals surface area contributed by atoms with Gasteiger partial charge < -0.3 is 10.2 Å². The van der Waals surface area contributed by atoms with E-state index >= 15 is 0 Å². The molecule has 2 unspecified atom stereocenters. The molecule has 88 valence electrons. The lowest BCUT2D eigenvalue weighted by atomic mass is 9.84. The van der Waals surface area contributed by atoms with E-state index < -0.39 is 5.41 Å². The van der Waals surface area contributed by atoms with Gasteiger partial charge in [-0.3, -0.25) is 10.1 Å². The van der Waals surface area contributed by atoms with Crippen LogP contribution in [-0.2, 0) is 4.79 Å². The molecule has 6 nitrogen and oxygen atoms in total. The highest BCUT2D eigenvalue weighted by Crippen LogP contribution is 2.37. The van der Waals surface area contributed by atoms with Gasteiger partial charge in [0.15, 0.2) is 0 Å². The Morgan fingerprint density at radius 2 is 2.38 bits per heavy atom. The standard InChI is InChI=1S/C10H16N4O2/c1-6-13-14-9(16-6)12-8(15)10(2)5-3-4-7(10)11/h7H,3-5,11H2,1-2H3,(H,12,14,15). The van der Waals surface area contributed by atoms with Gasteiger partial charge in [0.05, 0.1) is 5.41 Å². The van der Waals surface area contributed by atoms with Gasteiger partial charge in [-0.2, -0.15) is 0 Å². The quantitative estimate of drug-likeness (QED) is 0.776. The van der Waals surface area contributed by atoms with Gasteiger partial charge in [-0.05, 0) is 19.8 Å². The van der Waals surface area contributed by atoms with Crippen molar-refractivity contribution < 1.29 is 9.21 Å². The van der Waals surface area contributed by atoms with E-state index in [9.17, 15) is 4.79 Å². The molecule has 2 atom stereocenters. The minimum Gasteiger partial charge on any atom is -0.408 e. The van der Waals surface area contributed by atoms with E-state index in [2.05, 4.69) is 15.5 Å². The average Bonchev–Trinajstić information content (AvgIpc) is 2.76. The molecule has 2 rings (SSSR count). The van der Waals surface area contributed by atoms with E-state index in [1.807, 2.05) is 6.92 Å². The first-order chi connectivity index (χ1) is 7.52. The molecule has 0 radical (unpaired) electrons. The second-order valence-electron chi connectivity index (χ2n) is 4.50. The number of carbonyl (C=O) groups is 1. The summed E-state index contributed by atoms with van der Waals surface area (Å²) in [6, 6.07) is 0.0411. The minimum atomic E-state index is -0.525. The first-order valence-corrected chi connectivity index (χ1v) is 5.39. The van der Waals surface area contributed by atoms with Crippen LogP contribution >= 0.6 is 0 Å². The van der Waals surface area contributed by atoms with Crippen molar-refractivity contribution >= 4 is 11.9 Å². The third kappa shape index (κ3) is 1.80. The fourth-order valence-corrected chi connectivity index (χ4v) is 2.06. The van der Waals surface area contributed by atoms with E-state index in [1.165, 1.54) is 0 Å². The number of nitrogens with zero attached hydrogens (tertiary/aromatic N) is 2. The topological polar surface area (TPSA) is 94.0 Å². The van der Waals surface area contributed by atoms with Crippen molar-refractivity contribution in [3.05, 3.63) is 5.89 Å². The molecule has 1 aromatic rings. The summed E-state index contributed by atoms with van der Waals surface area (Å²) < 4.78 is 5.10. The fraction of sp³-hybridized carbons (Fsp3) is 0.700. The summed E-state index contributed by atoms with van der Waals surface area (Å²) in [7, 11) is 0. The zero-order chi connectivity index (χ0) is 11.8. The summed E-state index contributed by atoms with van der Waals surface area (Å²) in [6.45, 7) is 3.55. The predicted molar refractivity (Wildman–Crippen MR) is 57.6 cm³/mol. The Kier molecular flexibility index (Phi) is 2.67. The van der Waals surface area contributed by atoms with Gasteiger partial charge in [0.2, 0.25) is 11.8 Å². The molecule has 1 fully saturated rings. The monoisotopic (exact) mass is 224 g/mol. The molecule has 1 aliphatic rings. The summed E-state index contributed by atoms with van der Waals surface area (Å²) in [6.07, 6.45) is 2.66. The molecule has 0 saturated heterocycles. The normalized spacial score (nSPS) is 29.3. The number of hydrogen-bond acceptors (Lipinski definition) is 5. The van der Waals surface area contributed by atoms with Gasteiger partial charge in [-0.25, -0.2) is 0 Å². The number of carbonyl (C=O) groups excluding carboxylic acids is 1. The van der Waals surface area contributed by atoms with Crippen molar-refractivity contribution in [2.24, 2.45) is 11.1 Å². The molecule has 0 aliphatic heterocycles. The van der Waals surface area contributed by atoms with Crippen molar-refractivity contribution in [2.75, 3.05) is 5.32 Å². The lowest BCUT2D eigenvalue weighted by Crippen LogP contribution is -2.44.